The summed E-state index contributed by atoms with van der Waals surface area (Å²) in [5.74, 6) is 8.32. The molecule has 0 saturated carbocycles. The van der Waals surface area contributed by atoms with Gasteiger partial charge in [0.05, 0.1) is 27.5 Å². The Morgan fingerprint density at radius 1 is 0.500 bits per heavy atom. The van der Waals surface area contributed by atoms with E-state index in [1.807, 2.05) is 27.0 Å². The normalized spacial score (nSPS) is 13.3. The maximum absolute atomic E-state index is 12.0. The number of Topliss-reactive ketones (excluding diaryl/α,β-unsaturated/α-hetero) is 2. The van der Waals surface area contributed by atoms with Crippen LogP contribution in [0.3, 0.4) is 0 Å². The van der Waals surface area contributed by atoms with Crippen LogP contribution in [0.15, 0.2) is 18.0 Å². The Morgan fingerprint density at radius 3 is 1.41 bits per heavy atom. The number of carbonyl (C=O) groups excluding carboxylic acids is 2. The summed E-state index contributed by atoms with van der Waals surface area (Å²) in [6.45, 7) is 34.4. The molecule has 10 rings (SSSR count). The lowest BCUT2D eigenvalue weighted by molar-refractivity contribution is 0.0992. The fraction of sp³-hybridized carbons (Fsp3) is 0.414. The highest BCUT2D eigenvalue weighted by Crippen LogP contribution is 2.44. The van der Waals surface area contributed by atoms with Gasteiger partial charge in [0.2, 0.25) is 0 Å². The number of aromatic nitrogens is 4. The number of aliphatic hydroxyl groups is 1. The number of aliphatic hydroxyl groups excluding tert-OH is 1. The lowest BCUT2D eigenvalue weighted by Crippen LogP contribution is -2.03. The second-order valence-electron chi connectivity index (χ2n) is 18.5. The fourth-order valence-corrected chi connectivity index (χ4v) is 11.1. The summed E-state index contributed by atoms with van der Waals surface area (Å²) in [7, 11) is 0. The minimum Gasteiger partial charge on any atom is -0.515 e. The summed E-state index contributed by atoms with van der Waals surface area (Å²) in [5.41, 5.74) is 36.8. The first-order valence-corrected chi connectivity index (χ1v) is 23.6. The molecule has 0 amide bonds. The molecule has 4 aliphatic rings. The van der Waals surface area contributed by atoms with Gasteiger partial charge in [-0.25, -0.2) is 0 Å². The Bertz CT molecular complexity index is 3000. The average Bonchev–Trinajstić information content (AvgIpc) is 4.17. The van der Waals surface area contributed by atoms with Gasteiger partial charge in [-0.2, -0.15) is 10.2 Å². The zero-order valence-electron chi connectivity index (χ0n) is 41.4. The molecule has 6 aromatic rings. The Morgan fingerprint density at radius 2 is 0.912 bits per heavy atom. The predicted octanol–water partition coefficient (Wildman–Crippen LogP) is 13.9. The van der Waals surface area contributed by atoms with E-state index in [4.69, 9.17) is 5.11 Å². The minimum atomic E-state index is -0.0128. The summed E-state index contributed by atoms with van der Waals surface area (Å²) >= 11 is 2.34. The van der Waals surface area contributed by atoms with Gasteiger partial charge in [0, 0.05) is 64.6 Å². The van der Waals surface area contributed by atoms with E-state index < -0.39 is 0 Å². The molecule has 10 heteroatoms. The van der Waals surface area contributed by atoms with Crippen LogP contribution >= 0.6 is 22.6 Å². The molecular formula is C58H79IN6O3. The molecule has 0 atom stereocenters. The van der Waals surface area contributed by atoms with Crippen molar-refractivity contribution in [1.29, 1.82) is 0 Å². The summed E-state index contributed by atoms with van der Waals surface area (Å²) in [5, 5.41) is 23.9. The van der Waals surface area contributed by atoms with E-state index in [0.717, 1.165) is 47.8 Å². The maximum atomic E-state index is 12.0. The first-order chi connectivity index (χ1) is 30.7. The van der Waals surface area contributed by atoms with Crippen LogP contribution in [0.2, 0.25) is 0 Å². The monoisotopic (exact) mass is 1030 g/mol. The zero-order chi connectivity index (χ0) is 48.3. The van der Waals surface area contributed by atoms with E-state index in [2.05, 4.69) is 145 Å². The Hall–Kier alpha value is -5.17. The number of halogens is 1. The van der Waals surface area contributed by atoms with E-state index in [0.29, 0.717) is 24.2 Å². The second-order valence-corrected chi connectivity index (χ2v) is 19.6. The summed E-state index contributed by atoms with van der Waals surface area (Å²) in [6.07, 6.45) is 7.20. The Labute approximate surface area is 421 Å². The molecule has 2 heterocycles. The van der Waals surface area contributed by atoms with Crippen molar-refractivity contribution in [3.63, 3.8) is 0 Å². The number of hydrazine groups is 1. The molecule has 9 nitrogen and oxygen atoms in total. The topological polar surface area (TPSA) is 164 Å². The number of rotatable bonds is 0. The number of hydrogen-bond acceptors (Lipinski definition) is 7. The van der Waals surface area contributed by atoms with E-state index >= 15 is 0 Å². The molecule has 0 spiro atoms. The minimum absolute atomic E-state index is 0. The van der Waals surface area contributed by atoms with E-state index in [1.54, 1.807) is 0 Å². The van der Waals surface area contributed by atoms with Crippen molar-refractivity contribution < 1.29 is 14.7 Å². The van der Waals surface area contributed by atoms with Crippen LogP contribution in [0.4, 0.5) is 0 Å². The van der Waals surface area contributed by atoms with Crippen molar-refractivity contribution in [1.82, 2.24) is 20.4 Å². The number of nitrogens with zero attached hydrogens (tertiary/aromatic N) is 2. The summed E-state index contributed by atoms with van der Waals surface area (Å²) in [4.78, 5) is 23.7. The van der Waals surface area contributed by atoms with Gasteiger partial charge in [-0.15, -0.1) is 0 Å². The molecule has 0 aliphatic heterocycles. The summed E-state index contributed by atoms with van der Waals surface area (Å²) < 4.78 is 1.18. The van der Waals surface area contributed by atoms with Crippen LogP contribution in [0, 0.1) is 114 Å². The molecule has 0 unspecified atom stereocenters. The number of aromatic amines is 2. The maximum Gasteiger partial charge on any atom is 0.192 e. The highest BCUT2D eigenvalue weighted by Gasteiger charge is 2.31. The Kier molecular flexibility index (Phi) is 18.5. The third-order valence-corrected chi connectivity index (χ3v) is 16.8. The molecule has 0 bridgehead atoms. The molecule has 7 N–H and O–H groups in total. The molecule has 0 saturated heterocycles. The number of ketones is 2. The third kappa shape index (κ3) is 9.32. The molecule has 0 radical (unpaired) electrons. The van der Waals surface area contributed by atoms with Crippen LogP contribution in [-0.4, -0.2) is 37.1 Å². The van der Waals surface area contributed by atoms with Gasteiger partial charge in [-0.3, -0.25) is 31.5 Å². The molecule has 0 fully saturated rings. The van der Waals surface area contributed by atoms with Crippen molar-refractivity contribution in [2.45, 2.75) is 165 Å². The van der Waals surface area contributed by atoms with Gasteiger partial charge in [0.1, 0.15) is 0 Å². The molecule has 366 valence electrons. The zero-order valence-corrected chi connectivity index (χ0v) is 43.5. The van der Waals surface area contributed by atoms with Crippen molar-refractivity contribution in [3.05, 3.63) is 155 Å². The van der Waals surface area contributed by atoms with Gasteiger partial charge in [-0.05, 0) is 251 Å². The van der Waals surface area contributed by atoms with Crippen molar-refractivity contribution in [2.24, 2.45) is 11.7 Å². The number of allylic oxidation sites excluding steroid dienone is 1. The smallest absolute Gasteiger partial charge is 0.192 e. The number of benzene rings is 4. The number of carbonyl (C=O) groups is 2. The molecular weight excluding hydrogens is 956 g/mol. The van der Waals surface area contributed by atoms with Crippen LogP contribution in [0.25, 0.3) is 22.5 Å². The first kappa shape index (κ1) is 57.1. The standard InChI is InChI=1S/C14H15IN2.C14H16N2.C14H16O2.C13H16O.3CH4.H4N2/c1-6-7(2)9(4)12-10(8(6)3)5-11-13(12)16-17-14(11)15;1-7-8(2)10(4)13-12(9(7)3)5-11-6-15-16-14(11)13;1-7-8(2)10(4)13-12(9(7)3)5-11(6-15)14(13)16;1-7-8(2)10(4)13-11(9(7)3)5-6-12(13)14;;;;1-2/h5H2,1-4H3,(H,16,17);6H,5H2,1-4H3,(H,15,16);6,15H,5H2,1-4H3;5-6H2,1-4H3;3*1H4;1-2H2/b;;11-6-;;;;;. The van der Waals surface area contributed by atoms with Gasteiger partial charge in [-0.1, -0.05) is 22.3 Å². The number of H-pyrrole nitrogens is 2. The second kappa shape index (κ2) is 22.1. The van der Waals surface area contributed by atoms with E-state index in [-0.39, 0.29) is 28.1 Å². The first-order valence-electron chi connectivity index (χ1n) is 22.5. The van der Waals surface area contributed by atoms with Gasteiger partial charge in [0.25, 0.3) is 0 Å². The SMILES string of the molecule is C.C.C.Cc1c(C)c(C)c2c(c1C)C/C(=C/O)C2=O.Cc1c(C)c(C)c2c(c1C)CCC2=O.Cc1c(C)c(C)c2c(c1C)Cc1c-2n[nH]c1I.Cc1c(C)c(C)c2c(c1C)Cc1cn[nH]c1-2.NN. The predicted molar refractivity (Wildman–Crippen MR) is 295 cm³/mol. The fourth-order valence-electron chi connectivity index (χ4n) is 10.5. The van der Waals surface area contributed by atoms with Crippen LogP contribution < -0.4 is 11.7 Å². The van der Waals surface area contributed by atoms with Crippen molar-refractivity contribution >= 4 is 34.2 Å². The van der Waals surface area contributed by atoms with Crippen LogP contribution in [0.1, 0.15) is 172 Å². The summed E-state index contributed by atoms with van der Waals surface area (Å²) in [6, 6.07) is 0. The van der Waals surface area contributed by atoms with Gasteiger partial charge in [0.15, 0.2) is 11.6 Å². The molecule has 68 heavy (non-hydrogen) atoms. The van der Waals surface area contributed by atoms with Crippen LogP contribution in [-0.2, 0) is 25.7 Å². The Balaban J connectivity index is 0.000000234. The quantitative estimate of drug-likeness (QED) is 0.0332. The van der Waals surface area contributed by atoms with Crippen molar-refractivity contribution in [2.75, 3.05) is 0 Å². The number of nitrogens with one attached hydrogen (secondary N) is 2. The number of hydrogen-bond donors (Lipinski definition) is 5. The number of nitrogens with two attached hydrogens (primary N) is 2. The molecule has 4 aromatic carbocycles. The largest absolute Gasteiger partial charge is 0.515 e. The van der Waals surface area contributed by atoms with E-state index in [9.17, 15) is 9.59 Å². The average molecular weight is 1040 g/mol. The highest BCUT2D eigenvalue weighted by molar-refractivity contribution is 14.1. The highest BCUT2D eigenvalue weighted by atomic mass is 127. The molecule has 4 aliphatic carbocycles. The van der Waals surface area contributed by atoms with E-state index in [1.165, 1.54) is 137 Å². The van der Waals surface area contributed by atoms with Crippen LogP contribution in [0.5, 0.6) is 0 Å². The lowest BCUT2D eigenvalue weighted by atomic mass is 9.90. The van der Waals surface area contributed by atoms with Gasteiger partial charge >= 0.3 is 0 Å². The van der Waals surface area contributed by atoms with Crippen molar-refractivity contribution in [3.8, 4) is 22.5 Å². The van der Waals surface area contributed by atoms with Gasteiger partial charge < -0.3 is 5.11 Å². The third-order valence-electron chi connectivity index (χ3n) is 15.9. The lowest BCUT2D eigenvalue weighted by Gasteiger charge is -2.15. The molecule has 2 aromatic heterocycles. The number of fused-ring (bicyclic) bond motifs is 8.